The van der Waals surface area contributed by atoms with E-state index in [9.17, 15) is 35.9 Å². The van der Waals surface area contributed by atoms with Crippen LogP contribution < -0.4 is 16.0 Å². The number of alkyl halides is 6. The fourth-order valence-electron chi connectivity index (χ4n) is 4.53. The summed E-state index contributed by atoms with van der Waals surface area (Å²) in [5, 5.41) is 8.26. The maximum Gasteiger partial charge on any atom is 0.416 e. The van der Waals surface area contributed by atoms with Crippen LogP contribution in [0.4, 0.5) is 37.7 Å². The molecular weight excluding hydrogens is 572 g/mol. The van der Waals surface area contributed by atoms with E-state index in [1.165, 1.54) is 24.3 Å². The van der Waals surface area contributed by atoms with E-state index in [1.54, 1.807) is 26.0 Å². The van der Waals surface area contributed by atoms with Crippen LogP contribution in [0.1, 0.15) is 36.5 Å². The molecule has 0 aromatic heterocycles. The molecule has 0 saturated heterocycles. The van der Waals surface area contributed by atoms with Gasteiger partial charge >= 0.3 is 12.4 Å². The smallest absolute Gasteiger partial charge is 0.362 e. The van der Waals surface area contributed by atoms with Gasteiger partial charge in [-0.05, 0) is 67.9 Å². The van der Waals surface area contributed by atoms with Gasteiger partial charge in [0.15, 0.2) is 0 Å². The van der Waals surface area contributed by atoms with E-state index >= 15 is 0 Å². The highest BCUT2D eigenvalue weighted by Crippen LogP contribution is 2.40. The molecule has 1 aliphatic rings. The van der Waals surface area contributed by atoms with Crippen molar-refractivity contribution in [1.29, 1.82) is 0 Å². The van der Waals surface area contributed by atoms with Gasteiger partial charge in [0.1, 0.15) is 0 Å². The Morgan fingerprint density at radius 2 is 1.12 bits per heavy atom. The summed E-state index contributed by atoms with van der Waals surface area (Å²) in [6.45, 7) is 3.13. The van der Waals surface area contributed by atoms with Gasteiger partial charge in [0.05, 0.1) is 11.1 Å². The van der Waals surface area contributed by atoms with Crippen LogP contribution in [0.15, 0.2) is 95.3 Å². The third-order valence-electron chi connectivity index (χ3n) is 6.35. The molecule has 1 aliphatic heterocycles. The second kappa shape index (κ2) is 11.3. The second-order valence-electron chi connectivity index (χ2n) is 9.25. The van der Waals surface area contributed by atoms with Crippen molar-refractivity contribution in [3.63, 3.8) is 0 Å². The number of hydrogen-bond donors (Lipinski definition) is 3. The summed E-state index contributed by atoms with van der Waals surface area (Å²) >= 11 is 6.04. The van der Waals surface area contributed by atoms with E-state index in [0.717, 1.165) is 36.4 Å². The number of halogens is 7. The van der Waals surface area contributed by atoms with E-state index < -0.39 is 41.2 Å². The third-order valence-corrected chi connectivity index (χ3v) is 6.60. The summed E-state index contributed by atoms with van der Waals surface area (Å²) < 4.78 is 79.4. The highest BCUT2D eigenvalue weighted by atomic mass is 35.5. The van der Waals surface area contributed by atoms with Crippen molar-refractivity contribution in [2.45, 2.75) is 32.1 Å². The lowest BCUT2D eigenvalue weighted by Gasteiger charge is -2.31. The molecule has 214 valence electrons. The zero-order valence-corrected chi connectivity index (χ0v) is 22.2. The number of dihydropyridines is 1. The lowest BCUT2D eigenvalue weighted by Crippen LogP contribution is -2.35. The number of benzene rings is 3. The molecule has 0 radical (unpaired) electrons. The third kappa shape index (κ3) is 6.74. The van der Waals surface area contributed by atoms with Gasteiger partial charge in [-0.1, -0.05) is 35.9 Å². The summed E-state index contributed by atoms with van der Waals surface area (Å²) in [6.07, 6.45) is -9.27. The van der Waals surface area contributed by atoms with Crippen molar-refractivity contribution in [1.82, 2.24) is 5.32 Å². The van der Waals surface area contributed by atoms with Crippen LogP contribution in [0.25, 0.3) is 0 Å². The minimum atomic E-state index is -4.64. The molecule has 4 rings (SSSR count). The van der Waals surface area contributed by atoms with Crippen LogP contribution in [-0.4, -0.2) is 11.8 Å². The average Bonchev–Trinajstić information content (AvgIpc) is 2.88. The molecule has 3 N–H and O–H groups in total. The fraction of sp³-hybridized carbons (Fsp3) is 0.172. The van der Waals surface area contributed by atoms with E-state index in [0.29, 0.717) is 22.0 Å². The molecule has 3 aromatic carbocycles. The molecule has 41 heavy (non-hydrogen) atoms. The monoisotopic (exact) mass is 593 g/mol. The Morgan fingerprint density at radius 3 is 1.51 bits per heavy atom. The van der Waals surface area contributed by atoms with Gasteiger partial charge in [0, 0.05) is 44.9 Å². The molecule has 0 bridgehead atoms. The molecule has 0 aliphatic carbocycles. The van der Waals surface area contributed by atoms with Gasteiger partial charge in [0.25, 0.3) is 11.8 Å². The lowest BCUT2D eigenvalue weighted by atomic mass is 9.79. The number of rotatable bonds is 5. The zero-order chi connectivity index (χ0) is 30.1. The summed E-state index contributed by atoms with van der Waals surface area (Å²) in [5.74, 6) is -2.62. The first-order chi connectivity index (χ1) is 19.1. The van der Waals surface area contributed by atoms with Crippen LogP contribution in [0.3, 0.4) is 0 Å². The number of amides is 2. The Balaban J connectivity index is 1.74. The van der Waals surface area contributed by atoms with Crippen LogP contribution in [0, 0.1) is 0 Å². The van der Waals surface area contributed by atoms with Gasteiger partial charge in [-0.3, -0.25) is 9.59 Å². The second-order valence-corrected chi connectivity index (χ2v) is 9.69. The van der Waals surface area contributed by atoms with Crippen molar-refractivity contribution in [2.75, 3.05) is 10.6 Å². The topological polar surface area (TPSA) is 70.2 Å². The van der Waals surface area contributed by atoms with Crippen molar-refractivity contribution < 1.29 is 35.9 Å². The Bertz CT molecular complexity index is 1470. The van der Waals surface area contributed by atoms with Crippen LogP contribution >= 0.6 is 11.6 Å². The maximum absolute atomic E-state index is 13.6. The molecule has 0 saturated carbocycles. The molecule has 2 amide bonds. The minimum absolute atomic E-state index is 0.0181. The molecule has 0 atom stereocenters. The largest absolute Gasteiger partial charge is 0.416 e. The summed E-state index contributed by atoms with van der Waals surface area (Å²) in [7, 11) is 0. The quantitative estimate of drug-likeness (QED) is 0.264. The van der Waals surface area contributed by atoms with E-state index in [-0.39, 0.29) is 22.5 Å². The number of hydrogen-bond acceptors (Lipinski definition) is 3. The Hall–Kier alpha value is -4.25. The Kier molecular flexibility index (Phi) is 8.21. The highest BCUT2D eigenvalue weighted by Gasteiger charge is 2.37. The van der Waals surface area contributed by atoms with Crippen molar-refractivity contribution in [3.05, 3.63) is 117 Å². The predicted molar refractivity (Wildman–Crippen MR) is 143 cm³/mol. The number of nitrogens with one attached hydrogen (secondary N) is 3. The molecule has 5 nitrogen and oxygen atoms in total. The van der Waals surface area contributed by atoms with E-state index in [4.69, 9.17) is 11.6 Å². The van der Waals surface area contributed by atoms with Gasteiger partial charge in [-0.2, -0.15) is 26.3 Å². The molecule has 0 unspecified atom stereocenters. The van der Waals surface area contributed by atoms with Crippen molar-refractivity contribution >= 4 is 34.8 Å². The lowest BCUT2D eigenvalue weighted by molar-refractivity contribution is -0.138. The average molecular weight is 594 g/mol. The molecule has 0 spiro atoms. The number of allylic oxidation sites excluding steroid dienone is 2. The van der Waals surface area contributed by atoms with E-state index in [1.807, 2.05) is 0 Å². The van der Waals surface area contributed by atoms with Gasteiger partial charge in [0.2, 0.25) is 0 Å². The van der Waals surface area contributed by atoms with Crippen LogP contribution in [-0.2, 0) is 21.9 Å². The number of carbonyl (C=O) groups is 2. The van der Waals surface area contributed by atoms with Gasteiger partial charge in [-0.15, -0.1) is 0 Å². The molecule has 0 fully saturated rings. The molecule has 1 heterocycles. The van der Waals surface area contributed by atoms with Gasteiger partial charge in [-0.25, -0.2) is 0 Å². The molecule has 12 heteroatoms. The maximum atomic E-state index is 13.6. The highest BCUT2D eigenvalue weighted by molar-refractivity contribution is 6.30. The Morgan fingerprint density at radius 1 is 0.707 bits per heavy atom. The predicted octanol–water partition coefficient (Wildman–Crippen LogP) is 7.89. The minimum Gasteiger partial charge on any atom is -0.362 e. The number of carbonyl (C=O) groups excluding carboxylic acids is 2. The first-order valence-electron chi connectivity index (χ1n) is 12.1. The number of anilines is 2. The van der Waals surface area contributed by atoms with Crippen molar-refractivity contribution in [3.8, 4) is 0 Å². The SMILES string of the molecule is CC1=C(C(=O)Nc2cccc(C(F)(F)F)c2)C(c2ccc(Cl)cc2)C(C(=O)Nc2cccc(C(F)(F)F)c2)=C(C)N1. The standard InChI is InChI=1S/C29H22ClF6N3O2/c1-15-23(26(40)38-21-7-3-5-18(13-21)28(31,32)33)25(17-9-11-20(30)12-10-17)24(16(2)37-15)27(41)39-22-8-4-6-19(14-22)29(34,35)36/h3-14,25,37H,1-2H3,(H,38,40)(H,39,41). The summed E-state index contributed by atoms with van der Waals surface area (Å²) in [6, 6.07) is 14.4. The van der Waals surface area contributed by atoms with Crippen LogP contribution in [0.2, 0.25) is 5.02 Å². The van der Waals surface area contributed by atoms with Crippen LogP contribution in [0.5, 0.6) is 0 Å². The van der Waals surface area contributed by atoms with Gasteiger partial charge < -0.3 is 16.0 Å². The Labute approximate surface area is 235 Å². The zero-order valence-electron chi connectivity index (χ0n) is 21.5. The normalized spacial score (nSPS) is 14.6. The first-order valence-corrected chi connectivity index (χ1v) is 12.4. The van der Waals surface area contributed by atoms with E-state index in [2.05, 4.69) is 16.0 Å². The molecule has 3 aromatic rings. The molecular formula is C29H22ClF6N3O2. The first kappa shape index (κ1) is 29.7. The fourth-order valence-corrected chi connectivity index (χ4v) is 4.65. The van der Waals surface area contributed by atoms with Crippen molar-refractivity contribution in [2.24, 2.45) is 0 Å². The summed E-state index contributed by atoms with van der Waals surface area (Å²) in [5.41, 5.74) is -1.05. The summed E-state index contributed by atoms with van der Waals surface area (Å²) in [4.78, 5) is 27.2.